The van der Waals surface area contributed by atoms with E-state index in [1.807, 2.05) is 12.1 Å². The number of rotatable bonds is 4. The van der Waals surface area contributed by atoms with Gasteiger partial charge in [0.25, 0.3) is 5.91 Å². The summed E-state index contributed by atoms with van der Waals surface area (Å²) in [7, 11) is 0. The van der Waals surface area contributed by atoms with E-state index in [2.05, 4.69) is 11.4 Å². The first-order chi connectivity index (χ1) is 11.1. The van der Waals surface area contributed by atoms with Crippen molar-refractivity contribution in [2.45, 2.75) is 63.8 Å². The predicted octanol–water partition coefficient (Wildman–Crippen LogP) is 3.17. The Labute approximate surface area is 137 Å². The van der Waals surface area contributed by atoms with Gasteiger partial charge in [-0.2, -0.15) is 0 Å². The van der Waals surface area contributed by atoms with Crippen LogP contribution in [0.5, 0.6) is 0 Å². The van der Waals surface area contributed by atoms with Gasteiger partial charge < -0.3 is 10.1 Å². The van der Waals surface area contributed by atoms with Crippen molar-refractivity contribution in [2.75, 3.05) is 6.61 Å². The maximum Gasteiger partial charge on any atom is 0.331 e. The zero-order valence-electron chi connectivity index (χ0n) is 13.8. The highest BCUT2D eigenvalue weighted by atomic mass is 16.5. The molecule has 0 radical (unpaired) electrons. The van der Waals surface area contributed by atoms with E-state index < -0.39 is 5.54 Å². The molecule has 0 unspecified atom stereocenters. The Morgan fingerprint density at radius 3 is 2.48 bits per heavy atom. The van der Waals surface area contributed by atoms with Crippen LogP contribution in [0.4, 0.5) is 0 Å². The van der Waals surface area contributed by atoms with E-state index in [1.54, 1.807) is 6.92 Å². The summed E-state index contributed by atoms with van der Waals surface area (Å²) >= 11 is 0. The van der Waals surface area contributed by atoms with Gasteiger partial charge in [-0.15, -0.1) is 0 Å². The lowest BCUT2D eigenvalue weighted by molar-refractivity contribution is -0.150. The lowest BCUT2D eigenvalue weighted by Gasteiger charge is -2.28. The third-order valence-electron chi connectivity index (χ3n) is 5.09. The van der Waals surface area contributed by atoms with Gasteiger partial charge in [0.15, 0.2) is 0 Å². The van der Waals surface area contributed by atoms with Crippen LogP contribution in [0.3, 0.4) is 0 Å². The van der Waals surface area contributed by atoms with E-state index in [4.69, 9.17) is 4.74 Å². The normalized spacial score (nSPS) is 19.0. The van der Waals surface area contributed by atoms with E-state index in [9.17, 15) is 9.59 Å². The van der Waals surface area contributed by atoms with Crippen LogP contribution in [0.1, 0.15) is 66.9 Å². The number of amides is 1. The van der Waals surface area contributed by atoms with Crippen molar-refractivity contribution in [1.82, 2.24) is 5.32 Å². The van der Waals surface area contributed by atoms with Gasteiger partial charge in [0, 0.05) is 5.56 Å². The van der Waals surface area contributed by atoms with E-state index in [0.717, 1.165) is 25.7 Å². The maximum atomic E-state index is 12.7. The number of aryl methyl sites for hydroxylation is 2. The average Bonchev–Trinajstić information content (AvgIpc) is 3.04. The predicted molar refractivity (Wildman–Crippen MR) is 88.4 cm³/mol. The molecule has 1 saturated carbocycles. The summed E-state index contributed by atoms with van der Waals surface area (Å²) in [6.07, 6.45) is 7.79. The molecule has 4 heteroatoms. The van der Waals surface area contributed by atoms with E-state index in [1.165, 1.54) is 24.0 Å². The Kier molecular flexibility index (Phi) is 4.69. The van der Waals surface area contributed by atoms with Gasteiger partial charge in [-0.25, -0.2) is 4.79 Å². The summed E-state index contributed by atoms with van der Waals surface area (Å²) in [5.41, 5.74) is 2.46. The number of fused-ring (bicyclic) bond motifs is 1. The molecule has 1 fully saturated rings. The van der Waals surface area contributed by atoms with Crippen LogP contribution in [0, 0.1) is 0 Å². The molecule has 1 N–H and O–H groups in total. The molecule has 23 heavy (non-hydrogen) atoms. The van der Waals surface area contributed by atoms with Gasteiger partial charge in [0.1, 0.15) is 5.54 Å². The fourth-order valence-electron chi connectivity index (χ4n) is 3.79. The molecule has 1 aromatic rings. The molecule has 1 amide bonds. The minimum Gasteiger partial charge on any atom is -0.464 e. The second-order valence-corrected chi connectivity index (χ2v) is 6.65. The van der Waals surface area contributed by atoms with Crippen molar-refractivity contribution in [3.8, 4) is 0 Å². The summed E-state index contributed by atoms with van der Waals surface area (Å²) in [6, 6.07) is 5.94. The van der Waals surface area contributed by atoms with Gasteiger partial charge in [-0.05, 0) is 68.7 Å². The van der Waals surface area contributed by atoms with Gasteiger partial charge in [0.2, 0.25) is 0 Å². The molecule has 124 valence electrons. The van der Waals surface area contributed by atoms with Crippen LogP contribution < -0.4 is 5.32 Å². The Bertz CT molecular complexity index is 603. The molecular formula is C19H25NO3. The number of nitrogens with one attached hydrogen (secondary N) is 1. The highest BCUT2D eigenvalue weighted by molar-refractivity contribution is 5.98. The van der Waals surface area contributed by atoms with Crippen LogP contribution in [0.2, 0.25) is 0 Å². The number of hydrogen-bond donors (Lipinski definition) is 1. The standard InChI is InChI=1S/C19H25NO3/c1-2-23-18(22)19(11-5-6-12-19)20-17(21)16-10-9-14-7-3-4-8-15(14)13-16/h9-10,13H,2-8,11-12H2,1H3,(H,20,21). The lowest BCUT2D eigenvalue weighted by Crippen LogP contribution is -2.53. The zero-order valence-corrected chi connectivity index (χ0v) is 13.8. The minimum absolute atomic E-state index is 0.159. The van der Waals surface area contributed by atoms with Crippen molar-refractivity contribution in [1.29, 1.82) is 0 Å². The van der Waals surface area contributed by atoms with Crippen LogP contribution >= 0.6 is 0 Å². The second kappa shape index (κ2) is 6.73. The highest BCUT2D eigenvalue weighted by Crippen LogP contribution is 2.31. The third kappa shape index (κ3) is 3.26. The fourth-order valence-corrected chi connectivity index (χ4v) is 3.79. The monoisotopic (exact) mass is 315 g/mol. The first-order valence-electron chi connectivity index (χ1n) is 8.76. The number of benzene rings is 1. The van der Waals surface area contributed by atoms with Crippen molar-refractivity contribution >= 4 is 11.9 Å². The number of esters is 1. The number of carbonyl (C=O) groups excluding carboxylic acids is 2. The van der Waals surface area contributed by atoms with Crippen molar-refractivity contribution in [3.63, 3.8) is 0 Å². The molecule has 4 nitrogen and oxygen atoms in total. The molecule has 0 bridgehead atoms. The van der Waals surface area contributed by atoms with Gasteiger partial charge >= 0.3 is 5.97 Å². The Morgan fingerprint density at radius 2 is 1.78 bits per heavy atom. The number of hydrogen-bond acceptors (Lipinski definition) is 3. The first-order valence-corrected chi connectivity index (χ1v) is 8.76. The molecule has 2 aliphatic carbocycles. The SMILES string of the molecule is CCOC(=O)C1(NC(=O)c2ccc3c(c2)CCCC3)CCCC1. The van der Waals surface area contributed by atoms with Crippen LogP contribution in [0.15, 0.2) is 18.2 Å². The molecule has 1 aromatic carbocycles. The van der Waals surface area contributed by atoms with Gasteiger partial charge in [-0.1, -0.05) is 18.9 Å². The number of carbonyl (C=O) groups is 2. The highest BCUT2D eigenvalue weighted by Gasteiger charge is 2.44. The van der Waals surface area contributed by atoms with Gasteiger partial charge in [-0.3, -0.25) is 4.79 Å². The molecule has 0 heterocycles. The van der Waals surface area contributed by atoms with E-state index >= 15 is 0 Å². The second-order valence-electron chi connectivity index (χ2n) is 6.65. The van der Waals surface area contributed by atoms with E-state index in [-0.39, 0.29) is 11.9 Å². The largest absolute Gasteiger partial charge is 0.464 e. The summed E-state index contributed by atoms with van der Waals surface area (Å²) in [6.45, 7) is 2.14. The smallest absolute Gasteiger partial charge is 0.331 e. The third-order valence-corrected chi connectivity index (χ3v) is 5.09. The van der Waals surface area contributed by atoms with E-state index in [0.29, 0.717) is 25.0 Å². The zero-order chi connectivity index (χ0) is 16.3. The van der Waals surface area contributed by atoms with Crippen LogP contribution in [0.25, 0.3) is 0 Å². The Hall–Kier alpha value is -1.84. The molecule has 0 aliphatic heterocycles. The van der Waals surface area contributed by atoms with Crippen molar-refractivity contribution in [3.05, 3.63) is 34.9 Å². The minimum atomic E-state index is -0.830. The molecule has 0 spiro atoms. The average molecular weight is 315 g/mol. The van der Waals surface area contributed by atoms with Gasteiger partial charge in [0.05, 0.1) is 6.61 Å². The Morgan fingerprint density at radius 1 is 1.09 bits per heavy atom. The molecule has 0 aromatic heterocycles. The summed E-state index contributed by atoms with van der Waals surface area (Å²) in [5, 5.41) is 2.99. The summed E-state index contributed by atoms with van der Waals surface area (Å²) < 4.78 is 5.20. The van der Waals surface area contributed by atoms with Crippen molar-refractivity contribution < 1.29 is 14.3 Å². The summed E-state index contributed by atoms with van der Waals surface area (Å²) in [4.78, 5) is 25.0. The molecule has 3 rings (SSSR count). The topological polar surface area (TPSA) is 55.4 Å². The number of ether oxygens (including phenoxy) is 1. The summed E-state index contributed by atoms with van der Waals surface area (Å²) in [5.74, 6) is -0.447. The molecule has 0 saturated heterocycles. The molecule has 2 aliphatic rings. The fraction of sp³-hybridized carbons (Fsp3) is 0.579. The molecule has 0 atom stereocenters. The van der Waals surface area contributed by atoms with Crippen LogP contribution in [-0.4, -0.2) is 24.0 Å². The quantitative estimate of drug-likeness (QED) is 0.868. The molecular weight excluding hydrogens is 290 g/mol. The van der Waals surface area contributed by atoms with Crippen molar-refractivity contribution in [2.24, 2.45) is 0 Å². The Balaban J connectivity index is 1.78. The lowest BCUT2D eigenvalue weighted by atomic mass is 9.90. The van der Waals surface area contributed by atoms with Crippen LogP contribution in [-0.2, 0) is 22.4 Å². The first kappa shape index (κ1) is 16.0. The maximum absolute atomic E-state index is 12.7.